The van der Waals surface area contributed by atoms with Crippen LogP contribution in [0.15, 0.2) is 18.2 Å². The van der Waals surface area contributed by atoms with E-state index in [0.717, 1.165) is 36.2 Å². The van der Waals surface area contributed by atoms with E-state index in [4.69, 9.17) is 9.84 Å². The third kappa shape index (κ3) is 3.96. The van der Waals surface area contributed by atoms with Crippen LogP contribution in [0.4, 0.5) is 0 Å². The van der Waals surface area contributed by atoms with Gasteiger partial charge in [-0.1, -0.05) is 20.3 Å². The van der Waals surface area contributed by atoms with Crippen molar-refractivity contribution in [1.82, 2.24) is 9.88 Å². The number of H-pyrrole nitrogens is 1. The standard InChI is InChI=1S/C27H38N2O5/c1-3-18-15(2)16-10-21-26-19(6-8-29(12-16)27(18)21)20-11-17(4-5-23(20)28-26)34-14-25(33)22(13-31)24(32)7-9-30/h4-5,11,13,15-16,18,21-22,24-25,27-28,30,32-33H,3,6-10,12,14H2,1-2H3. The van der Waals surface area contributed by atoms with Crippen molar-refractivity contribution in [3.63, 3.8) is 0 Å². The molecule has 4 heterocycles. The van der Waals surface area contributed by atoms with Crippen LogP contribution in [0.25, 0.3) is 10.9 Å². The number of fused-ring (bicyclic) bond motifs is 4. The fraction of sp³-hybridized carbons (Fsp3) is 0.667. The van der Waals surface area contributed by atoms with Gasteiger partial charge in [0, 0.05) is 48.3 Å². The molecule has 4 N–H and O–H groups in total. The van der Waals surface area contributed by atoms with Crippen LogP contribution in [-0.2, 0) is 11.2 Å². The maximum absolute atomic E-state index is 11.4. The number of aliphatic hydroxyl groups excluding tert-OH is 3. The van der Waals surface area contributed by atoms with Crippen molar-refractivity contribution in [3.05, 3.63) is 29.5 Å². The van der Waals surface area contributed by atoms with Gasteiger partial charge in [-0.25, -0.2) is 0 Å². The van der Waals surface area contributed by atoms with Gasteiger partial charge in [0.25, 0.3) is 0 Å². The number of ether oxygens (including phenoxy) is 1. The first kappa shape index (κ1) is 23.8. The zero-order valence-electron chi connectivity index (χ0n) is 20.2. The Kier molecular flexibility index (Phi) is 6.73. The largest absolute Gasteiger partial charge is 0.491 e. The summed E-state index contributed by atoms with van der Waals surface area (Å²) in [5.41, 5.74) is 3.92. The number of nitrogens with zero attached hydrogens (tertiary/aromatic N) is 1. The predicted octanol–water partition coefficient (Wildman–Crippen LogP) is 2.47. The molecule has 0 spiro atoms. The number of nitrogens with one attached hydrogen (secondary N) is 1. The van der Waals surface area contributed by atoms with Gasteiger partial charge in [-0.3, -0.25) is 4.90 Å². The number of hydrogen-bond donors (Lipinski definition) is 4. The van der Waals surface area contributed by atoms with E-state index in [1.54, 1.807) is 0 Å². The summed E-state index contributed by atoms with van der Waals surface area (Å²) in [5.74, 6) is 2.52. The highest BCUT2D eigenvalue weighted by atomic mass is 16.5. The van der Waals surface area contributed by atoms with Crippen LogP contribution in [0, 0.1) is 23.7 Å². The van der Waals surface area contributed by atoms with Crippen molar-refractivity contribution >= 4 is 17.2 Å². The summed E-state index contributed by atoms with van der Waals surface area (Å²) in [7, 11) is 0. The predicted molar refractivity (Wildman–Crippen MR) is 130 cm³/mol. The van der Waals surface area contributed by atoms with Gasteiger partial charge in [0.1, 0.15) is 18.6 Å². The van der Waals surface area contributed by atoms with Gasteiger partial charge < -0.3 is 29.8 Å². The number of hydrogen-bond acceptors (Lipinski definition) is 6. The van der Waals surface area contributed by atoms with Crippen molar-refractivity contribution in [2.24, 2.45) is 23.7 Å². The first-order chi connectivity index (χ1) is 16.5. The monoisotopic (exact) mass is 470 g/mol. The molecule has 0 radical (unpaired) electrons. The van der Waals surface area contributed by atoms with E-state index in [2.05, 4.69) is 23.7 Å². The first-order valence-electron chi connectivity index (χ1n) is 12.9. The Morgan fingerprint density at radius 2 is 2.12 bits per heavy atom. The number of piperidine rings is 2. The molecule has 7 nitrogen and oxygen atoms in total. The van der Waals surface area contributed by atoms with Gasteiger partial charge in [-0.05, 0) is 60.8 Å². The Labute approximate surface area is 201 Å². The third-order valence-corrected chi connectivity index (χ3v) is 9.01. The van der Waals surface area contributed by atoms with Crippen LogP contribution in [0.5, 0.6) is 5.75 Å². The third-order valence-electron chi connectivity index (χ3n) is 9.01. The van der Waals surface area contributed by atoms with E-state index in [-0.39, 0.29) is 19.6 Å². The summed E-state index contributed by atoms with van der Waals surface area (Å²) in [6, 6.07) is 6.60. The smallest absolute Gasteiger partial charge is 0.128 e. The van der Waals surface area contributed by atoms with Crippen LogP contribution < -0.4 is 4.74 Å². The van der Waals surface area contributed by atoms with E-state index in [9.17, 15) is 15.0 Å². The molecule has 1 aromatic carbocycles. The maximum atomic E-state index is 11.4. The minimum Gasteiger partial charge on any atom is -0.491 e. The molecule has 9 atom stereocenters. The topological polar surface area (TPSA) is 106 Å². The van der Waals surface area contributed by atoms with Gasteiger partial charge in [-0.2, -0.15) is 0 Å². The summed E-state index contributed by atoms with van der Waals surface area (Å²) in [5, 5.41) is 30.6. The number of aromatic nitrogens is 1. The molecule has 4 aliphatic rings. The molecule has 186 valence electrons. The zero-order chi connectivity index (χ0) is 24.0. The zero-order valence-corrected chi connectivity index (χ0v) is 20.2. The molecular formula is C27H38N2O5. The molecule has 9 unspecified atom stereocenters. The second-order valence-corrected chi connectivity index (χ2v) is 10.7. The minimum absolute atomic E-state index is 0.0413. The number of aliphatic hydroxyl groups is 3. The molecule has 34 heavy (non-hydrogen) atoms. The summed E-state index contributed by atoms with van der Waals surface area (Å²) in [4.78, 5) is 17.9. The molecule has 0 amide bonds. The van der Waals surface area contributed by atoms with E-state index in [0.29, 0.717) is 24.0 Å². The van der Waals surface area contributed by atoms with Crippen molar-refractivity contribution in [2.45, 2.75) is 63.7 Å². The van der Waals surface area contributed by atoms with Crippen LogP contribution in [-0.4, -0.2) is 76.0 Å². The lowest BCUT2D eigenvalue weighted by atomic mass is 9.60. The molecule has 2 saturated heterocycles. The number of benzene rings is 1. The van der Waals surface area contributed by atoms with E-state index in [1.165, 1.54) is 36.0 Å². The first-order valence-corrected chi connectivity index (χ1v) is 12.9. The molecular weight excluding hydrogens is 432 g/mol. The molecule has 3 aliphatic heterocycles. The molecule has 1 saturated carbocycles. The van der Waals surface area contributed by atoms with E-state index < -0.39 is 18.1 Å². The quantitative estimate of drug-likeness (QED) is 0.420. The molecule has 7 heteroatoms. The Morgan fingerprint density at radius 3 is 2.85 bits per heavy atom. The fourth-order valence-electron chi connectivity index (χ4n) is 7.20. The van der Waals surface area contributed by atoms with Crippen LogP contribution >= 0.6 is 0 Å². The Balaban J connectivity index is 1.38. The highest BCUT2D eigenvalue weighted by Gasteiger charge is 2.51. The lowest BCUT2D eigenvalue weighted by molar-refractivity contribution is -0.121. The van der Waals surface area contributed by atoms with Crippen molar-refractivity contribution in [3.8, 4) is 5.75 Å². The molecule has 1 aliphatic carbocycles. The summed E-state index contributed by atoms with van der Waals surface area (Å²) < 4.78 is 5.86. The van der Waals surface area contributed by atoms with Gasteiger partial charge in [0.05, 0.1) is 18.1 Å². The molecule has 1 aromatic heterocycles. The van der Waals surface area contributed by atoms with E-state index >= 15 is 0 Å². The highest BCUT2D eigenvalue weighted by Crippen LogP contribution is 2.53. The number of rotatable bonds is 9. The highest BCUT2D eigenvalue weighted by molar-refractivity contribution is 5.86. The molecule has 6 rings (SSSR count). The lowest BCUT2D eigenvalue weighted by Gasteiger charge is -2.56. The minimum atomic E-state index is -1.14. The Hall–Kier alpha value is -1.93. The Bertz CT molecular complexity index is 1020. The number of carbonyl (C=O) groups is 1. The lowest BCUT2D eigenvalue weighted by Crippen LogP contribution is -2.59. The number of aromatic amines is 1. The average molecular weight is 471 g/mol. The van der Waals surface area contributed by atoms with Gasteiger partial charge >= 0.3 is 0 Å². The van der Waals surface area contributed by atoms with Crippen molar-refractivity contribution in [1.29, 1.82) is 0 Å². The molecule has 2 aromatic rings. The summed E-state index contributed by atoms with van der Waals surface area (Å²) in [6.45, 7) is 6.78. The van der Waals surface area contributed by atoms with Crippen molar-refractivity contribution in [2.75, 3.05) is 26.3 Å². The van der Waals surface area contributed by atoms with E-state index in [1.807, 2.05) is 18.2 Å². The number of aldehydes is 1. The number of carbonyl (C=O) groups excluding carboxylic acids is 1. The van der Waals surface area contributed by atoms with Crippen LogP contribution in [0.1, 0.15) is 50.3 Å². The maximum Gasteiger partial charge on any atom is 0.128 e. The second kappa shape index (κ2) is 9.61. The SMILES string of the molecule is CCC1C(C)C2CC3c4[nH]c5ccc(OCC(O)C(C=O)C(O)CCO)cc5c4CCN(C2)C31. The van der Waals surface area contributed by atoms with Crippen LogP contribution in [0.3, 0.4) is 0 Å². The van der Waals surface area contributed by atoms with Crippen molar-refractivity contribution < 1.29 is 24.9 Å². The average Bonchev–Trinajstić information content (AvgIpc) is 3.15. The molecule has 3 fully saturated rings. The summed E-state index contributed by atoms with van der Waals surface area (Å²) >= 11 is 0. The Morgan fingerprint density at radius 1 is 1.29 bits per heavy atom. The summed E-state index contributed by atoms with van der Waals surface area (Å²) in [6.07, 6.45) is 1.86. The van der Waals surface area contributed by atoms with Gasteiger partial charge in [0.2, 0.25) is 0 Å². The normalized spacial score (nSPS) is 32.6. The van der Waals surface area contributed by atoms with Gasteiger partial charge in [0.15, 0.2) is 0 Å². The van der Waals surface area contributed by atoms with Gasteiger partial charge in [-0.15, -0.1) is 0 Å². The molecule has 4 bridgehead atoms. The fourth-order valence-corrected chi connectivity index (χ4v) is 7.20. The van der Waals surface area contributed by atoms with Crippen LogP contribution in [0.2, 0.25) is 0 Å². The second-order valence-electron chi connectivity index (χ2n) is 10.7.